The van der Waals surface area contributed by atoms with Crippen LogP contribution in [-0.4, -0.2) is 28.5 Å². The summed E-state index contributed by atoms with van der Waals surface area (Å²) in [6.07, 6.45) is 0. The van der Waals surface area contributed by atoms with Gasteiger partial charge in [-0.15, -0.1) is 0 Å². The van der Waals surface area contributed by atoms with Crippen molar-refractivity contribution in [3.63, 3.8) is 0 Å². The summed E-state index contributed by atoms with van der Waals surface area (Å²) in [6.45, 7) is 8.13. The lowest BCUT2D eigenvalue weighted by Gasteiger charge is -2.15. The van der Waals surface area contributed by atoms with Gasteiger partial charge in [-0.05, 0) is 31.0 Å². The summed E-state index contributed by atoms with van der Waals surface area (Å²) in [4.78, 5) is 17.4. The van der Waals surface area contributed by atoms with Gasteiger partial charge in [-0.3, -0.25) is 9.36 Å². The van der Waals surface area contributed by atoms with Crippen LogP contribution in [0, 0.1) is 5.92 Å². The minimum atomic E-state index is -0.0277. The molecular formula is C16H21ClN2O2S. The molecule has 6 heteroatoms. The van der Waals surface area contributed by atoms with Crippen LogP contribution in [0.1, 0.15) is 20.8 Å². The van der Waals surface area contributed by atoms with Gasteiger partial charge in [-0.25, -0.2) is 4.98 Å². The lowest BCUT2D eigenvalue weighted by atomic mass is 10.2. The van der Waals surface area contributed by atoms with Crippen molar-refractivity contribution in [1.29, 1.82) is 0 Å². The summed E-state index contributed by atoms with van der Waals surface area (Å²) in [5, 5.41) is 1.87. The van der Waals surface area contributed by atoms with E-state index in [1.165, 1.54) is 0 Å². The van der Waals surface area contributed by atoms with Crippen molar-refractivity contribution in [3.8, 4) is 0 Å². The van der Waals surface area contributed by atoms with Gasteiger partial charge in [0.05, 0.1) is 17.5 Å². The van der Waals surface area contributed by atoms with Crippen molar-refractivity contribution < 1.29 is 4.74 Å². The Morgan fingerprint density at radius 1 is 1.41 bits per heavy atom. The fourth-order valence-corrected chi connectivity index (χ4v) is 3.18. The molecule has 2 rings (SSSR count). The summed E-state index contributed by atoms with van der Waals surface area (Å²) in [5.41, 5.74) is 0.661. The number of rotatable bonds is 7. The Morgan fingerprint density at radius 2 is 2.18 bits per heavy atom. The van der Waals surface area contributed by atoms with E-state index in [-0.39, 0.29) is 5.56 Å². The highest BCUT2D eigenvalue weighted by Gasteiger charge is 2.13. The molecule has 1 heterocycles. The number of aromatic nitrogens is 2. The minimum absolute atomic E-state index is 0.0277. The third-order valence-corrected chi connectivity index (χ3v) is 4.27. The predicted octanol–water partition coefficient (Wildman–Crippen LogP) is 3.83. The first-order chi connectivity index (χ1) is 10.5. The molecule has 0 amide bonds. The standard InChI is InChI=1S/C16H21ClN2O2S/c1-4-21-7-8-22-16-18-14-6-5-12(17)9-13(14)15(20)19(16)10-11(2)3/h5-6,9,11H,4,7-8,10H2,1-3H3. The van der Waals surface area contributed by atoms with Crippen LogP contribution in [0.2, 0.25) is 5.02 Å². The summed E-state index contributed by atoms with van der Waals surface area (Å²) < 4.78 is 7.11. The number of fused-ring (bicyclic) bond motifs is 1. The van der Waals surface area contributed by atoms with Crippen LogP contribution in [0.3, 0.4) is 0 Å². The Morgan fingerprint density at radius 3 is 2.86 bits per heavy atom. The van der Waals surface area contributed by atoms with Crippen molar-refractivity contribution in [3.05, 3.63) is 33.6 Å². The monoisotopic (exact) mass is 340 g/mol. The topological polar surface area (TPSA) is 44.1 Å². The molecule has 4 nitrogen and oxygen atoms in total. The smallest absolute Gasteiger partial charge is 0.262 e. The largest absolute Gasteiger partial charge is 0.381 e. The number of hydrogen-bond acceptors (Lipinski definition) is 4. The predicted molar refractivity (Wildman–Crippen MR) is 93.1 cm³/mol. The van der Waals surface area contributed by atoms with Crippen LogP contribution >= 0.6 is 23.4 Å². The molecule has 0 radical (unpaired) electrons. The minimum Gasteiger partial charge on any atom is -0.381 e. The zero-order chi connectivity index (χ0) is 16.1. The molecular weight excluding hydrogens is 320 g/mol. The second kappa shape index (κ2) is 7.99. The zero-order valence-corrected chi connectivity index (χ0v) is 14.7. The lowest BCUT2D eigenvalue weighted by molar-refractivity contribution is 0.164. The van der Waals surface area contributed by atoms with Gasteiger partial charge in [0, 0.05) is 23.9 Å². The molecule has 22 heavy (non-hydrogen) atoms. The molecule has 0 spiro atoms. The SMILES string of the molecule is CCOCCSc1nc2ccc(Cl)cc2c(=O)n1CC(C)C. The fourth-order valence-electron chi connectivity index (χ4n) is 2.15. The van der Waals surface area contributed by atoms with Gasteiger partial charge in [0.15, 0.2) is 5.16 Å². The molecule has 1 aromatic carbocycles. The summed E-state index contributed by atoms with van der Waals surface area (Å²) in [6, 6.07) is 5.25. The molecule has 0 saturated heterocycles. The normalized spacial score (nSPS) is 11.5. The van der Waals surface area contributed by atoms with E-state index in [1.807, 2.05) is 6.92 Å². The number of hydrogen-bond donors (Lipinski definition) is 0. The summed E-state index contributed by atoms with van der Waals surface area (Å²) in [7, 11) is 0. The van der Waals surface area contributed by atoms with Gasteiger partial charge in [0.2, 0.25) is 0 Å². The Bertz CT molecular complexity index is 700. The van der Waals surface area contributed by atoms with Crippen LogP contribution in [0.15, 0.2) is 28.2 Å². The summed E-state index contributed by atoms with van der Waals surface area (Å²) >= 11 is 7.57. The fraction of sp³-hybridized carbons (Fsp3) is 0.500. The first-order valence-corrected chi connectivity index (χ1v) is 8.80. The van der Waals surface area contributed by atoms with Gasteiger partial charge in [0.1, 0.15) is 0 Å². The highest BCUT2D eigenvalue weighted by molar-refractivity contribution is 7.99. The first kappa shape index (κ1) is 17.3. The van der Waals surface area contributed by atoms with E-state index in [1.54, 1.807) is 34.5 Å². The van der Waals surface area contributed by atoms with Crippen LogP contribution in [0.4, 0.5) is 0 Å². The third kappa shape index (κ3) is 4.24. The molecule has 0 fully saturated rings. The summed E-state index contributed by atoms with van der Waals surface area (Å²) in [5.74, 6) is 1.14. The third-order valence-electron chi connectivity index (χ3n) is 3.09. The van der Waals surface area contributed by atoms with E-state index in [4.69, 9.17) is 16.3 Å². The molecule has 0 aliphatic heterocycles. The van der Waals surface area contributed by atoms with E-state index in [2.05, 4.69) is 18.8 Å². The molecule has 120 valence electrons. The second-order valence-electron chi connectivity index (χ2n) is 5.41. The number of halogens is 1. The Balaban J connectivity index is 2.43. The molecule has 0 N–H and O–H groups in total. The van der Waals surface area contributed by atoms with Gasteiger partial charge in [-0.1, -0.05) is 37.2 Å². The number of ether oxygens (including phenoxy) is 1. The Hall–Kier alpha value is -1.04. The van der Waals surface area contributed by atoms with E-state index in [0.29, 0.717) is 41.6 Å². The van der Waals surface area contributed by atoms with Crippen molar-refractivity contribution in [1.82, 2.24) is 9.55 Å². The molecule has 0 aliphatic carbocycles. The van der Waals surface area contributed by atoms with Crippen LogP contribution in [0.25, 0.3) is 10.9 Å². The van der Waals surface area contributed by atoms with Crippen molar-refractivity contribution in [2.45, 2.75) is 32.5 Å². The zero-order valence-electron chi connectivity index (χ0n) is 13.1. The molecule has 2 aromatic rings. The van der Waals surface area contributed by atoms with Gasteiger partial charge in [-0.2, -0.15) is 0 Å². The lowest BCUT2D eigenvalue weighted by Crippen LogP contribution is -2.25. The average molecular weight is 341 g/mol. The van der Waals surface area contributed by atoms with Gasteiger partial charge in [0.25, 0.3) is 5.56 Å². The molecule has 0 bridgehead atoms. The number of benzene rings is 1. The van der Waals surface area contributed by atoms with Crippen molar-refractivity contribution in [2.24, 2.45) is 5.92 Å². The first-order valence-electron chi connectivity index (χ1n) is 7.43. The van der Waals surface area contributed by atoms with E-state index in [9.17, 15) is 4.79 Å². The Labute approximate surface area is 139 Å². The maximum atomic E-state index is 12.7. The maximum Gasteiger partial charge on any atom is 0.262 e. The molecule has 0 aliphatic rings. The van der Waals surface area contributed by atoms with Crippen LogP contribution < -0.4 is 5.56 Å². The van der Waals surface area contributed by atoms with Crippen molar-refractivity contribution in [2.75, 3.05) is 19.0 Å². The van der Waals surface area contributed by atoms with Crippen LogP contribution in [-0.2, 0) is 11.3 Å². The van der Waals surface area contributed by atoms with Crippen molar-refractivity contribution >= 4 is 34.3 Å². The van der Waals surface area contributed by atoms with Gasteiger partial charge >= 0.3 is 0 Å². The number of thioether (sulfide) groups is 1. The van der Waals surface area contributed by atoms with Crippen LogP contribution in [0.5, 0.6) is 0 Å². The second-order valence-corrected chi connectivity index (χ2v) is 6.91. The average Bonchev–Trinajstić information content (AvgIpc) is 2.47. The van der Waals surface area contributed by atoms with E-state index < -0.39 is 0 Å². The van der Waals surface area contributed by atoms with Gasteiger partial charge < -0.3 is 4.74 Å². The molecule has 0 unspecified atom stereocenters. The number of nitrogens with zero attached hydrogens (tertiary/aromatic N) is 2. The molecule has 1 aromatic heterocycles. The van der Waals surface area contributed by atoms with E-state index >= 15 is 0 Å². The maximum absolute atomic E-state index is 12.7. The molecule has 0 saturated carbocycles. The van der Waals surface area contributed by atoms with E-state index in [0.717, 1.165) is 10.9 Å². The highest BCUT2D eigenvalue weighted by Crippen LogP contribution is 2.21. The highest BCUT2D eigenvalue weighted by atomic mass is 35.5. The molecule has 0 atom stereocenters. The quantitative estimate of drug-likeness (QED) is 0.436. The Kier molecular flexibility index (Phi) is 6.29.